The third kappa shape index (κ3) is 5.39. The lowest BCUT2D eigenvalue weighted by atomic mass is 10.1. The average molecular weight is 330 g/mol. The summed E-state index contributed by atoms with van der Waals surface area (Å²) in [5.74, 6) is -0.237. The predicted molar refractivity (Wildman–Crippen MR) is 88.4 cm³/mol. The van der Waals surface area contributed by atoms with Crippen LogP contribution in [0.4, 0.5) is 4.39 Å². The van der Waals surface area contributed by atoms with Gasteiger partial charge in [-0.15, -0.1) is 0 Å². The fourth-order valence-electron chi connectivity index (χ4n) is 2.06. The second-order valence-corrected chi connectivity index (χ2v) is 5.14. The Kier molecular flexibility index (Phi) is 6.31. The summed E-state index contributed by atoms with van der Waals surface area (Å²) in [5.41, 5.74) is 1.38. The molecule has 0 atom stereocenters. The van der Waals surface area contributed by atoms with E-state index in [1.807, 2.05) is 0 Å². The van der Waals surface area contributed by atoms with Crippen molar-refractivity contribution in [3.05, 3.63) is 65.5 Å². The van der Waals surface area contributed by atoms with E-state index in [-0.39, 0.29) is 24.2 Å². The third-order valence-corrected chi connectivity index (χ3v) is 3.41. The largest absolute Gasteiger partial charge is 0.497 e. The van der Waals surface area contributed by atoms with Crippen LogP contribution in [-0.2, 0) is 11.2 Å². The summed E-state index contributed by atoms with van der Waals surface area (Å²) in [4.78, 5) is 23.6. The summed E-state index contributed by atoms with van der Waals surface area (Å²) in [6.45, 7) is 0.317. The molecular weight excluding hydrogens is 311 g/mol. The first-order valence-electron chi connectivity index (χ1n) is 7.52. The number of carbonyl (C=O) groups is 2. The molecule has 0 aliphatic carbocycles. The normalized spacial score (nSPS) is 10.1. The molecule has 0 bridgehead atoms. The molecule has 0 aliphatic rings. The molecule has 0 radical (unpaired) electrons. The van der Waals surface area contributed by atoms with Crippen molar-refractivity contribution in [2.75, 3.05) is 20.2 Å². The standard InChI is InChI=1S/C18H19FN2O3/c1-24-16-8-4-14(5-9-16)18(23)21-12-17(22)20-11-10-13-2-6-15(19)7-3-13/h2-9H,10-12H2,1H3,(H,20,22)(H,21,23). The summed E-state index contributed by atoms with van der Waals surface area (Å²) in [7, 11) is 1.55. The van der Waals surface area contributed by atoms with Crippen molar-refractivity contribution >= 4 is 11.8 Å². The summed E-state index contributed by atoms with van der Waals surface area (Å²) >= 11 is 0. The van der Waals surface area contributed by atoms with Crippen LogP contribution in [0.3, 0.4) is 0 Å². The molecule has 2 aromatic rings. The highest BCUT2D eigenvalue weighted by atomic mass is 19.1. The van der Waals surface area contributed by atoms with E-state index in [1.54, 1.807) is 43.5 Å². The van der Waals surface area contributed by atoms with Gasteiger partial charge in [0.2, 0.25) is 5.91 Å². The second kappa shape index (κ2) is 8.67. The molecule has 2 aromatic carbocycles. The van der Waals surface area contributed by atoms with Crippen LogP contribution in [0.5, 0.6) is 5.75 Å². The van der Waals surface area contributed by atoms with Crippen LogP contribution in [0, 0.1) is 5.82 Å². The second-order valence-electron chi connectivity index (χ2n) is 5.14. The van der Waals surface area contributed by atoms with Gasteiger partial charge in [-0.2, -0.15) is 0 Å². The third-order valence-electron chi connectivity index (χ3n) is 3.41. The van der Waals surface area contributed by atoms with E-state index >= 15 is 0 Å². The zero-order chi connectivity index (χ0) is 17.4. The van der Waals surface area contributed by atoms with Crippen molar-refractivity contribution in [1.29, 1.82) is 0 Å². The lowest BCUT2D eigenvalue weighted by molar-refractivity contribution is -0.120. The number of halogens is 1. The molecule has 0 saturated heterocycles. The fraction of sp³-hybridized carbons (Fsp3) is 0.222. The number of carbonyl (C=O) groups excluding carboxylic acids is 2. The van der Waals surface area contributed by atoms with Crippen molar-refractivity contribution in [3.8, 4) is 5.75 Å². The molecule has 2 amide bonds. The number of hydrogen-bond acceptors (Lipinski definition) is 3. The van der Waals surface area contributed by atoms with Crippen molar-refractivity contribution < 1.29 is 18.7 Å². The van der Waals surface area contributed by atoms with Crippen molar-refractivity contribution in [3.63, 3.8) is 0 Å². The molecule has 0 aliphatic heterocycles. The molecule has 0 aromatic heterocycles. The molecule has 0 heterocycles. The maximum Gasteiger partial charge on any atom is 0.251 e. The van der Waals surface area contributed by atoms with Crippen LogP contribution >= 0.6 is 0 Å². The first-order valence-corrected chi connectivity index (χ1v) is 7.52. The van der Waals surface area contributed by atoms with Crippen molar-refractivity contribution in [2.24, 2.45) is 0 Å². The SMILES string of the molecule is COc1ccc(C(=O)NCC(=O)NCCc2ccc(F)cc2)cc1. The monoisotopic (exact) mass is 330 g/mol. The van der Waals surface area contributed by atoms with Crippen LogP contribution in [0.2, 0.25) is 0 Å². The molecular formula is C18H19FN2O3. The summed E-state index contributed by atoms with van der Waals surface area (Å²) < 4.78 is 17.8. The average Bonchev–Trinajstić information content (AvgIpc) is 2.61. The Balaban J connectivity index is 1.70. The first-order chi connectivity index (χ1) is 11.6. The number of rotatable bonds is 7. The summed E-state index contributed by atoms with van der Waals surface area (Å²) in [6.07, 6.45) is 0.596. The smallest absolute Gasteiger partial charge is 0.251 e. The van der Waals surface area contributed by atoms with Gasteiger partial charge in [0.25, 0.3) is 5.91 Å². The molecule has 2 rings (SSSR count). The molecule has 5 nitrogen and oxygen atoms in total. The van der Waals surface area contributed by atoms with Crippen LogP contribution in [-0.4, -0.2) is 32.0 Å². The minimum Gasteiger partial charge on any atom is -0.497 e. The van der Waals surface area contributed by atoms with Gasteiger partial charge >= 0.3 is 0 Å². The van der Waals surface area contributed by atoms with E-state index in [9.17, 15) is 14.0 Å². The lowest BCUT2D eigenvalue weighted by Crippen LogP contribution is -2.37. The Morgan fingerprint density at radius 3 is 2.29 bits per heavy atom. The van der Waals surface area contributed by atoms with Gasteiger partial charge in [0.05, 0.1) is 13.7 Å². The zero-order valence-corrected chi connectivity index (χ0v) is 13.3. The maximum atomic E-state index is 12.8. The predicted octanol–water partition coefficient (Wildman–Crippen LogP) is 1.92. The molecule has 0 unspecified atom stereocenters. The van der Waals surface area contributed by atoms with E-state index in [1.165, 1.54) is 12.1 Å². The number of ether oxygens (including phenoxy) is 1. The summed E-state index contributed by atoms with van der Waals surface area (Å²) in [5, 5.41) is 5.25. The Hall–Kier alpha value is -2.89. The summed E-state index contributed by atoms with van der Waals surface area (Å²) in [6, 6.07) is 12.7. The van der Waals surface area contributed by atoms with E-state index < -0.39 is 0 Å². The highest BCUT2D eigenvalue weighted by Crippen LogP contribution is 2.10. The molecule has 0 saturated carbocycles. The molecule has 0 spiro atoms. The van der Waals surface area contributed by atoms with Gasteiger partial charge < -0.3 is 15.4 Å². The van der Waals surface area contributed by atoms with Gasteiger partial charge in [-0.05, 0) is 48.4 Å². The number of nitrogens with one attached hydrogen (secondary N) is 2. The molecule has 2 N–H and O–H groups in total. The van der Waals surface area contributed by atoms with Crippen LogP contribution in [0.25, 0.3) is 0 Å². The van der Waals surface area contributed by atoms with Gasteiger partial charge in [0.1, 0.15) is 11.6 Å². The first kappa shape index (κ1) is 17.5. The van der Waals surface area contributed by atoms with Crippen LogP contribution < -0.4 is 15.4 Å². The number of hydrogen-bond donors (Lipinski definition) is 2. The quantitative estimate of drug-likeness (QED) is 0.815. The zero-order valence-electron chi connectivity index (χ0n) is 13.3. The van der Waals surface area contributed by atoms with E-state index in [4.69, 9.17) is 4.74 Å². The van der Waals surface area contributed by atoms with Crippen LogP contribution in [0.1, 0.15) is 15.9 Å². The minimum atomic E-state index is -0.327. The maximum absolute atomic E-state index is 12.8. The Bertz CT molecular complexity index is 684. The molecule has 6 heteroatoms. The molecule has 126 valence electrons. The Morgan fingerprint density at radius 2 is 1.67 bits per heavy atom. The highest BCUT2D eigenvalue weighted by Gasteiger charge is 2.08. The van der Waals surface area contributed by atoms with Gasteiger partial charge in [0.15, 0.2) is 0 Å². The Morgan fingerprint density at radius 1 is 1.00 bits per heavy atom. The van der Waals surface area contributed by atoms with Gasteiger partial charge in [-0.1, -0.05) is 12.1 Å². The van der Waals surface area contributed by atoms with E-state index in [2.05, 4.69) is 10.6 Å². The molecule has 0 fully saturated rings. The Labute approximate surface area is 139 Å². The van der Waals surface area contributed by atoms with E-state index in [0.29, 0.717) is 24.3 Å². The topological polar surface area (TPSA) is 67.4 Å². The number of methoxy groups -OCH3 is 1. The van der Waals surface area contributed by atoms with Crippen molar-refractivity contribution in [1.82, 2.24) is 10.6 Å². The molecule has 24 heavy (non-hydrogen) atoms. The number of benzene rings is 2. The van der Waals surface area contributed by atoms with Gasteiger partial charge in [0, 0.05) is 12.1 Å². The minimum absolute atomic E-state index is 0.103. The lowest BCUT2D eigenvalue weighted by Gasteiger charge is -2.08. The fourth-order valence-corrected chi connectivity index (χ4v) is 2.06. The van der Waals surface area contributed by atoms with Gasteiger partial charge in [-0.25, -0.2) is 4.39 Å². The highest BCUT2D eigenvalue weighted by molar-refractivity contribution is 5.96. The van der Waals surface area contributed by atoms with Crippen molar-refractivity contribution in [2.45, 2.75) is 6.42 Å². The number of amides is 2. The van der Waals surface area contributed by atoms with E-state index in [0.717, 1.165) is 5.56 Å². The van der Waals surface area contributed by atoms with Gasteiger partial charge in [-0.3, -0.25) is 9.59 Å². The van der Waals surface area contributed by atoms with Crippen LogP contribution in [0.15, 0.2) is 48.5 Å².